The summed E-state index contributed by atoms with van der Waals surface area (Å²) >= 11 is 6.08. The molecule has 3 fully saturated rings. The molecule has 0 spiro atoms. The van der Waals surface area contributed by atoms with Gasteiger partial charge in [0.2, 0.25) is 11.8 Å². The summed E-state index contributed by atoms with van der Waals surface area (Å²) in [7, 11) is 2.08. The Kier molecular flexibility index (Phi) is 5.28. The van der Waals surface area contributed by atoms with E-state index in [9.17, 15) is 9.59 Å². The highest BCUT2D eigenvalue weighted by Gasteiger charge is 2.51. The summed E-state index contributed by atoms with van der Waals surface area (Å²) in [4.78, 5) is 33.8. The molecule has 7 heteroatoms. The minimum atomic E-state index is -0.102. The maximum atomic E-state index is 12.8. The third kappa shape index (κ3) is 4.06. The van der Waals surface area contributed by atoms with Crippen LogP contribution < -0.4 is 4.90 Å². The lowest BCUT2D eigenvalue weighted by molar-refractivity contribution is -0.139. The van der Waals surface area contributed by atoms with E-state index in [1.165, 1.54) is 0 Å². The van der Waals surface area contributed by atoms with Crippen molar-refractivity contribution < 1.29 is 9.59 Å². The Labute approximate surface area is 165 Å². The van der Waals surface area contributed by atoms with E-state index >= 15 is 0 Å². The molecule has 2 amide bonds. The lowest BCUT2D eigenvalue weighted by atomic mass is 10.2. The molecule has 0 N–H and O–H groups in total. The Morgan fingerprint density at radius 3 is 2.00 bits per heavy atom. The van der Waals surface area contributed by atoms with Crippen LogP contribution in [0.15, 0.2) is 24.3 Å². The number of carbonyl (C=O) groups excluding carboxylic acids is 2. The van der Waals surface area contributed by atoms with Crippen LogP contribution in [0.1, 0.15) is 6.42 Å². The number of rotatable bonds is 3. The van der Waals surface area contributed by atoms with Crippen LogP contribution in [-0.4, -0.2) is 85.9 Å². The van der Waals surface area contributed by atoms with E-state index in [-0.39, 0.29) is 23.7 Å². The van der Waals surface area contributed by atoms with E-state index in [0.717, 1.165) is 56.4 Å². The van der Waals surface area contributed by atoms with Gasteiger partial charge in [0.15, 0.2) is 0 Å². The number of hydrogen-bond acceptors (Lipinski definition) is 4. The van der Waals surface area contributed by atoms with Gasteiger partial charge in [-0.05, 0) is 31.7 Å². The zero-order valence-electron chi connectivity index (χ0n) is 15.8. The molecule has 1 aliphatic carbocycles. The zero-order chi connectivity index (χ0) is 19.0. The van der Waals surface area contributed by atoms with E-state index in [4.69, 9.17) is 11.6 Å². The van der Waals surface area contributed by atoms with Crippen LogP contribution in [0.2, 0.25) is 5.02 Å². The molecule has 1 saturated carbocycles. The lowest BCUT2D eigenvalue weighted by Gasteiger charge is -2.36. The van der Waals surface area contributed by atoms with E-state index in [1.54, 1.807) is 0 Å². The van der Waals surface area contributed by atoms with Crippen LogP contribution in [-0.2, 0) is 9.59 Å². The molecule has 0 bridgehead atoms. The minimum Gasteiger partial charge on any atom is -0.368 e. The molecule has 2 heterocycles. The Bertz CT molecular complexity index is 712. The van der Waals surface area contributed by atoms with Crippen molar-refractivity contribution in [2.45, 2.75) is 6.42 Å². The fourth-order valence-electron chi connectivity index (χ4n) is 4.09. The molecule has 0 aromatic heterocycles. The molecule has 27 heavy (non-hydrogen) atoms. The van der Waals surface area contributed by atoms with Gasteiger partial charge in [-0.2, -0.15) is 0 Å². The SMILES string of the molecule is CN1CCN(C(=O)C2CC2C(=O)N2CCN(c3cccc(Cl)c3)CC2)CC1. The normalized spacial score (nSPS) is 26.2. The summed E-state index contributed by atoms with van der Waals surface area (Å²) in [6.07, 6.45) is 0.721. The van der Waals surface area contributed by atoms with E-state index < -0.39 is 0 Å². The third-order valence-corrected chi connectivity index (χ3v) is 6.24. The molecule has 2 aliphatic heterocycles. The third-order valence-electron chi connectivity index (χ3n) is 6.00. The van der Waals surface area contributed by atoms with Crippen LogP contribution in [0, 0.1) is 11.8 Å². The average molecular weight is 391 g/mol. The number of hydrogen-bond donors (Lipinski definition) is 0. The molecule has 0 radical (unpaired) electrons. The number of benzene rings is 1. The molecular weight excluding hydrogens is 364 g/mol. The quantitative estimate of drug-likeness (QED) is 0.782. The second kappa shape index (κ2) is 7.68. The molecule has 6 nitrogen and oxygen atoms in total. The van der Waals surface area contributed by atoms with Gasteiger partial charge < -0.3 is 19.6 Å². The molecule has 146 valence electrons. The molecule has 1 aromatic rings. The van der Waals surface area contributed by atoms with Crippen LogP contribution >= 0.6 is 11.6 Å². The standard InChI is InChI=1S/C20H27ClN4O2/c1-22-5-7-24(8-6-22)19(26)17-14-18(17)20(27)25-11-9-23(10-12-25)16-4-2-3-15(21)13-16/h2-4,13,17-18H,5-12,14H2,1H3. The lowest BCUT2D eigenvalue weighted by Crippen LogP contribution is -2.50. The first-order chi connectivity index (χ1) is 13.0. The van der Waals surface area contributed by atoms with Gasteiger partial charge in [-0.1, -0.05) is 17.7 Å². The molecular formula is C20H27ClN4O2. The monoisotopic (exact) mass is 390 g/mol. The number of amides is 2. The first-order valence-electron chi connectivity index (χ1n) is 9.79. The second-order valence-electron chi connectivity index (χ2n) is 7.87. The van der Waals surface area contributed by atoms with Gasteiger partial charge in [-0.3, -0.25) is 9.59 Å². The zero-order valence-corrected chi connectivity index (χ0v) is 16.6. The summed E-state index contributed by atoms with van der Waals surface area (Å²) in [6, 6.07) is 7.84. The second-order valence-corrected chi connectivity index (χ2v) is 8.31. The molecule has 2 atom stereocenters. The largest absolute Gasteiger partial charge is 0.368 e. The van der Waals surface area contributed by atoms with E-state index in [0.29, 0.717) is 13.1 Å². The Hall–Kier alpha value is -1.79. The van der Waals surface area contributed by atoms with Crippen molar-refractivity contribution in [3.63, 3.8) is 0 Å². The first kappa shape index (κ1) is 18.6. The Balaban J connectivity index is 1.27. The fourth-order valence-corrected chi connectivity index (χ4v) is 4.28. The molecule has 2 saturated heterocycles. The number of anilines is 1. The van der Waals surface area contributed by atoms with Gasteiger partial charge in [-0.15, -0.1) is 0 Å². The number of nitrogens with zero attached hydrogens (tertiary/aromatic N) is 4. The maximum absolute atomic E-state index is 12.8. The predicted molar refractivity (Wildman–Crippen MR) is 106 cm³/mol. The van der Waals surface area contributed by atoms with Crippen molar-refractivity contribution in [2.75, 3.05) is 64.3 Å². The van der Waals surface area contributed by atoms with Crippen molar-refractivity contribution in [3.8, 4) is 0 Å². The minimum absolute atomic E-state index is 0.0909. The van der Waals surface area contributed by atoms with Gasteiger partial charge in [0, 0.05) is 63.1 Å². The summed E-state index contributed by atoms with van der Waals surface area (Å²) in [5.74, 6) is 0.147. The van der Waals surface area contributed by atoms with Crippen molar-refractivity contribution in [2.24, 2.45) is 11.8 Å². The van der Waals surface area contributed by atoms with E-state index in [2.05, 4.69) is 22.9 Å². The van der Waals surface area contributed by atoms with Crippen LogP contribution in [0.25, 0.3) is 0 Å². The van der Waals surface area contributed by atoms with Crippen LogP contribution in [0.4, 0.5) is 5.69 Å². The van der Waals surface area contributed by atoms with Crippen LogP contribution in [0.5, 0.6) is 0 Å². The highest BCUT2D eigenvalue weighted by atomic mass is 35.5. The van der Waals surface area contributed by atoms with Crippen LogP contribution in [0.3, 0.4) is 0 Å². The van der Waals surface area contributed by atoms with Crippen molar-refractivity contribution in [1.29, 1.82) is 0 Å². The van der Waals surface area contributed by atoms with Gasteiger partial charge in [0.25, 0.3) is 0 Å². The summed E-state index contributed by atoms with van der Waals surface area (Å²) in [6.45, 7) is 6.42. The van der Waals surface area contributed by atoms with Crippen molar-refractivity contribution in [3.05, 3.63) is 29.3 Å². The first-order valence-corrected chi connectivity index (χ1v) is 10.2. The highest BCUT2D eigenvalue weighted by Crippen LogP contribution is 2.41. The summed E-state index contributed by atoms with van der Waals surface area (Å²) in [5.41, 5.74) is 1.10. The highest BCUT2D eigenvalue weighted by molar-refractivity contribution is 6.30. The maximum Gasteiger partial charge on any atom is 0.226 e. The molecule has 1 aromatic carbocycles. The van der Waals surface area contributed by atoms with E-state index in [1.807, 2.05) is 28.0 Å². The average Bonchev–Trinajstić information content (AvgIpc) is 3.48. The smallest absolute Gasteiger partial charge is 0.226 e. The van der Waals surface area contributed by atoms with Gasteiger partial charge in [0.1, 0.15) is 0 Å². The topological polar surface area (TPSA) is 47.1 Å². The van der Waals surface area contributed by atoms with Crippen molar-refractivity contribution >= 4 is 29.1 Å². The number of halogens is 1. The molecule has 4 rings (SSSR count). The van der Waals surface area contributed by atoms with Gasteiger partial charge in [-0.25, -0.2) is 0 Å². The predicted octanol–water partition coefficient (Wildman–Crippen LogP) is 1.40. The summed E-state index contributed by atoms with van der Waals surface area (Å²) in [5, 5.41) is 0.731. The number of piperazine rings is 2. The van der Waals surface area contributed by atoms with Gasteiger partial charge in [0.05, 0.1) is 11.8 Å². The summed E-state index contributed by atoms with van der Waals surface area (Å²) < 4.78 is 0. The molecule has 3 aliphatic rings. The molecule has 2 unspecified atom stereocenters. The van der Waals surface area contributed by atoms with Crippen molar-refractivity contribution in [1.82, 2.24) is 14.7 Å². The van der Waals surface area contributed by atoms with Gasteiger partial charge >= 0.3 is 0 Å². The fraction of sp³-hybridized carbons (Fsp3) is 0.600. The Morgan fingerprint density at radius 2 is 1.44 bits per heavy atom. The number of carbonyl (C=O) groups is 2. The Morgan fingerprint density at radius 1 is 0.889 bits per heavy atom. The number of likely N-dealkylation sites (N-methyl/N-ethyl adjacent to an activating group) is 1.